The molecule has 0 atom stereocenters. The van der Waals surface area contributed by atoms with Gasteiger partial charge in [-0.15, -0.1) is 0 Å². The van der Waals surface area contributed by atoms with E-state index in [-0.39, 0.29) is 0 Å². The lowest BCUT2D eigenvalue weighted by Crippen LogP contribution is -2.06. The number of nitrogens with zero attached hydrogens (tertiary/aromatic N) is 6. The summed E-state index contributed by atoms with van der Waals surface area (Å²) >= 11 is 0. The fraction of sp³-hybridized carbons (Fsp3) is 0.0392. The van der Waals surface area contributed by atoms with Gasteiger partial charge in [0.1, 0.15) is 0 Å². The molecule has 3 aromatic heterocycles. The number of alkyl halides is 3. The molecule has 10 rings (SSSR count). The van der Waals surface area contributed by atoms with E-state index in [1.165, 1.54) is 6.07 Å². The second kappa shape index (κ2) is 14.9. The summed E-state index contributed by atoms with van der Waals surface area (Å²) in [5, 5.41) is 1.53. The highest BCUT2D eigenvalue weighted by Gasteiger charge is 2.31. The van der Waals surface area contributed by atoms with Crippen molar-refractivity contribution in [3.8, 4) is 73.8 Å². The smallest absolute Gasteiger partial charge is 0.309 e. The van der Waals surface area contributed by atoms with Crippen LogP contribution >= 0.6 is 0 Å². The number of halogens is 3. The van der Waals surface area contributed by atoms with Crippen LogP contribution in [0.25, 0.3) is 95.6 Å². The minimum Gasteiger partial charge on any atom is -0.309 e. The van der Waals surface area contributed by atoms with Crippen molar-refractivity contribution in [2.75, 3.05) is 0 Å². The number of rotatable bonds is 7. The van der Waals surface area contributed by atoms with Crippen molar-refractivity contribution >= 4 is 21.8 Å². The van der Waals surface area contributed by atoms with E-state index in [1.54, 1.807) is 6.07 Å². The molecule has 0 saturated carbocycles. The van der Waals surface area contributed by atoms with Gasteiger partial charge in [0.05, 0.1) is 33.7 Å². The summed E-state index contributed by atoms with van der Waals surface area (Å²) in [5.41, 5.74) is 7.94. The van der Waals surface area contributed by atoms with Gasteiger partial charge in [-0.3, -0.25) is 0 Å². The van der Waals surface area contributed by atoms with E-state index in [0.29, 0.717) is 62.4 Å². The Kier molecular flexibility index (Phi) is 9.06. The average molecular weight is 787 g/mol. The first-order valence-electron chi connectivity index (χ1n) is 19.4. The molecule has 0 radical (unpaired) electrons. The van der Waals surface area contributed by atoms with Gasteiger partial charge in [0.2, 0.25) is 0 Å². The van der Waals surface area contributed by atoms with E-state index in [0.717, 1.165) is 44.8 Å². The van der Waals surface area contributed by atoms with E-state index in [4.69, 9.17) is 24.9 Å². The summed E-state index contributed by atoms with van der Waals surface area (Å²) in [6, 6.07) is 56.7. The zero-order valence-corrected chi connectivity index (χ0v) is 32.1. The summed E-state index contributed by atoms with van der Waals surface area (Å²) in [6.45, 7) is 1.98. The van der Waals surface area contributed by atoms with E-state index in [9.17, 15) is 13.2 Å². The van der Waals surface area contributed by atoms with Gasteiger partial charge in [0.15, 0.2) is 23.3 Å². The van der Waals surface area contributed by atoms with Gasteiger partial charge < -0.3 is 4.57 Å². The van der Waals surface area contributed by atoms with Crippen LogP contribution < -0.4 is 0 Å². The molecule has 0 spiro atoms. The van der Waals surface area contributed by atoms with Gasteiger partial charge >= 0.3 is 6.18 Å². The zero-order valence-electron chi connectivity index (χ0n) is 32.1. The van der Waals surface area contributed by atoms with Crippen LogP contribution in [-0.4, -0.2) is 29.5 Å². The molecule has 9 heteroatoms. The highest BCUT2D eigenvalue weighted by molar-refractivity contribution is 6.10. The Morgan fingerprint density at radius 1 is 0.400 bits per heavy atom. The molecule has 3 heterocycles. The quantitative estimate of drug-likeness (QED) is 0.161. The van der Waals surface area contributed by atoms with Crippen LogP contribution in [0, 0.1) is 6.92 Å². The molecule has 0 fully saturated rings. The van der Waals surface area contributed by atoms with Gasteiger partial charge in [-0.1, -0.05) is 140 Å². The highest BCUT2D eigenvalue weighted by atomic mass is 19.4. The molecule has 0 unspecified atom stereocenters. The summed E-state index contributed by atoms with van der Waals surface area (Å²) in [5.74, 6) is 1.93. The second-order valence-corrected chi connectivity index (χ2v) is 14.5. The van der Waals surface area contributed by atoms with Crippen LogP contribution in [0.2, 0.25) is 0 Å². The lowest BCUT2D eigenvalue weighted by molar-refractivity contribution is -0.137. The van der Waals surface area contributed by atoms with Gasteiger partial charge in [-0.25, -0.2) is 24.9 Å². The fourth-order valence-corrected chi connectivity index (χ4v) is 7.64. The first-order chi connectivity index (χ1) is 29.3. The normalized spacial score (nSPS) is 11.7. The van der Waals surface area contributed by atoms with Gasteiger partial charge in [-0.2, -0.15) is 13.2 Å². The monoisotopic (exact) mass is 786 g/mol. The Hall–Kier alpha value is -7.78. The molecule has 10 aromatic rings. The number of fused-ring (bicyclic) bond motifs is 3. The number of aromatic nitrogens is 6. The summed E-state index contributed by atoms with van der Waals surface area (Å²) < 4.78 is 45.2. The molecule has 288 valence electrons. The average Bonchev–Trinajstić information content (AvgIpc) is 3.62. The maximum Gasteiger partial charge on any atom is 0.416 e. The van der Waals surface area contributed by atoms with Gasteiger partial charge in [0.25, 0.3) is 0 Å². The van der Waals surface area contributed by atoms with Crippen molar-refractivity contribution in [3.63, 3.8) is 0 Å². The molecular formula is C51H33F3N6. The lowest BCUT2D eigenvalue weighted by atomic mass is 10.0. The third kappa shape index (κ3) is 6.86. The lowest BCUT2D eigenvalue weighted by Gasteiger charge is -2.17. The van der Waals surface area contributed by atoms with E-state index < -0.39 is 11.7 Å². The number of aryl methyl sites for hydroxylation is 1. The predicted octanol–water partition coefficient (Wildman–Crippen LogP) is 13.1. The third-order valence-corrected chi connectivity index (χ3v) is 10.5. The molecule has 0 N–H and O–H groups in total. The van der Waals surface area contributed by atoms with Gasteiger partial charge in [0, 0.05) is 44.2 Å². The van der Waals surface area contributed by atoms with Crippen molar-refractivity contribution < 1.29 is 13.2 Å². The van der Waals surface area contributed by atoms with Crippen LogP contribution in [0.5, 0.6) is 0 Å². The first-order valence-corrected chi connectivity index (χ1v) is 19.4. The molecule has 0 aliphatic heterocycles. The molecule has 0 amide bonds. The van der Waals surface area contributed by atoms with Crippen LogP contribution in [-0.2, 0) is 6.18 Å². The molecule has 0 bridgehead atoms. The Morgan fingerprint density at radius 3 is 1.42 bits per heavy atom. The van der Waals surface area contributed by atoms with Crippen molar-refractivity contribution in [2.24, 2.45) is 0 Å². The standard InChI is InChI=1S/C51H33F3N6/c1-32-22-25-39-40-26-24-38(51(52,53)54)30-46(40)60(45(39)28-32)44-27-23-37(50-58-48(35-18-10-4-11-19-35)57-49(59-50)36-20-12-5-13-21-36)29-41(44)43-31-42(33-14-6-2-7-15-33)55-47(56-43)34-16-8-3-9-17-34/h2-31H,1H3. The fourth-order valence-electron chi connectivity index (χ4n) is 7.64. The predicted molar refractivity (Wildman–Crippen MR) is 232 cm³/mol. The summed E-state index contributed by atoms with van der Waals surface area (Å²) in [4.78, 5) is 25.2. The summed E-state index contributed by atoms with van der Waals surface area (Å²) in [6.07, 6.45) is -4.55. The molecule has 6 nitrogen and oxygen atoms in total. The number of hydrogen-bond donors (Lipinski definition) is 0. The van der Waals surface area contributed by atoms with E-state index >= 15 is 0 Å². The largest absolute Gasteiger partial charge is 0.416 e. The molecule has 0 saturated heterocycles. The van der Waals surface area contributed by atoms with E-state index in [2.05, 4.69) is 0 Å². The zero-order chi connectivity index (χ0) is 40.8. The minimum absolute atomic E-state index is 0.415. The van der Waals surface area contributed by atoms with Crippen molar-refractivity contribution in [3.05, 3.63) is 193 Å². The Labute approximate surface area is 343 Å². The summed E-state index contributed by atoms with van der Waals surface area (Å²) in [7, 11) is 0. The Morgan fingerprint density at radius 2 is 0.867 bits per heavy atom. The highest BCUT2D eigenvalue weighted by Crippen LogP contribution is 2.41. The molecule has 60 heavy (non-hydrogen) atoms. The number of benzene rings is 7. The minimum atomic E-state index is -4.55. The first kappa shape index (κ1) is 36.6. The van der Waals surface area contributed by atoms with Crippen LogP contribution in [0.1, 0.15) is 11.1 Å². The number of hydrogen-bond acceptors (Lipinski definition) is 5. The van der Waals surface area contributed by atoms with Crippen molar-refractivity contribution in [2.45, 2.75) is 13.1 Å². The van der Waals surface area contributed by atoms with E-state index in [1.807, 2.05) is 175 Å². The maximum absolute atomic E-state index is 14.4. The van der Waals surface area contributed by atoms with Crippen LogP contribution in [0.4, 0.5) is 13.2 Å². The second-order valence-electron chi connectivity index (χ2n) is 14.5. The maximum atomic E-state index is 14.4. The van der Waals surface area contributed by atoms with Crippen molar-refractivity contribution in [1.82, 2.24) is 29.5 Å². The molecule has 7 aromatic carbocycles. The topological polar surface area (TPSA) is 69.4 Å². The third-order valence-electron chi connectivity index (χ3n) is 10.5. The SMILES string of the molecule is Cc1ccc2c3ccc(C(F)(F)F)cc3n(-c3ccc(-c4nc(-c5ccccc5)nc(-c5ccccc5)n4)cc3-c3cc(-c4ccccc4)nc(-c4ccccc4)n3)c2c1. The van der Waals surface area contributed by atoms with Crippen LogP contribution in [0.3, 0.4) is 0 Å². The Balaban J connectivity index is 1.29. The van der Waals surface area contributed by atoms with Crippen molar-refractivity contribution in [1.29, 1.82) is 0 Å². The molecule has 0 aliphatic rings. The molecular weight excluding hydrogens is 754 g/mol. The van der Waals surface area contributed by atoms with Gasteiger partial charge in [-0.05, 0) is 55.0 Å². The molecule has 0 aliphatic carbocycles. The Bertz CT molecular complexity index is 3070. The van der Waals surface area contributed by atoms with Crippen LogP contribution in [0.15, 0.2) is 182 Å².